The molecule has 3 nitrogen and oxygen atoms in total. The second kappa shape index (κ2) is 4.97. The summed E-state index contributed by atoms with van der Waals surface area (Å²) in [6.07, 6.45) is 4.21. The lowest BCUT2D eigenvalue weighted by atomic mass is 10.2. The fraction of sp³-hybridized carbons (Fsp3) is 0.500. The van der Waals surface area contributed by atoms with Crippen LogP contribution in [0, 0.1) is 6.07 Å². The van der Waals surface area contributed by atoms with Gasteiger partial charge in [-0.2, -0.15) is 4.31 Å². The van der Waals surface area contributed by atoms with Crippen LogP contribution in [0.5, 0.6) is 0 Å². The SMILES string of the molecule is O=S(=O)(c1cc[c]cc1)N1CCCCCC1. The van der Waals surface area contributed by atoms with Gasteiger partial charge >= 0.3 is 0 Å². The van der Waals surface area contributed by atoms with Crippen molar-refractivity contribution >= 4 is 10.0 Å². The van der Waals surface area contributed by atoms with Gasteiger partial charge in [-0.25, -0.2) is 8.42 Å². The summed E-state index contributed by atoms with van der Waals surface area (Å²) in [5, 5.41) is 0. The topological polar surface area (TPSA) is 37.4 Å². The largest absolute Gasteiger partial charge is 0.243 e. The Hall–Kier alpha value is -0.870. The number of hydrogen-bond donors (Lipinski definition) is 0. The van der Waals surface area contributed by atoms with E-state index in [0.717, 1.165) is 25.7 Å². The van der Waals surface area contributed by atoms with Gasteiger partial charge < -0.3 is 0 Å². The predicted octanol–water partition coefficient (Wildman–Crippen LogP) is 2.05. The molecule has 0 N–H and O–H groups in total. The second-order valence-corrected chi connectivity index (χ2v) is 5.99. The quantitative estimate of drug-likeness (QED) is 0.790. The molecule has 1 aliphatic heterocycles. The molecule has 0 saturated carbocycles. The second-order valence-electron chi connectivity index (χ2n) is 4.05. The van der Waals surface area contributed by atoms with Crippen LogP contribution in [0.25, 0.3) is 0 Å². The minimum absolute atomic E-state index is 0.383. The van der Waals surface area contributed by atoms with E-state index >= 15 is 0 Å². The van der Waals surface area contributed by atoms with E-state index in [4.69, 9.17) is 0 Å². The van der Waals surface area contributed by atoms with Crippen LogP contribution in [0.2, 0.25) is 0 Å². The van der Waals surface area contributed by atoms with Gasteiger partial charge in [-0.3, -0.25) is 0 Å². The molecule has 2 rings (SSSR count). The van der Waals surface area contributed by atoms with E-state index in [0.29, 0.717) is 18.0 Å². The Kier molecular flexibility index (Phi) is 3.61. The summed E-state index contributed by atoms with van der Waals surface area (Å²) in [4.78, 5) is 0.383. The number of nitrogens with zero attached hydrogens (tertiary/aromatic N) is 1. The van der Waals surface area contributed by atoms with E-state index in [1.165, 1.54) is 0 Å². The van der Waals surface area contributed by atoms with Crippen LogP contribution in [-0.2, 0) is 10.0 Å². The average molecular weight is 238 g/mol. The molecule has 4 heteroatoms. The first-order valence-corrected chi connectivity index (χ1v) is 7.11. The molecular formula is C12H16NO2S. The first-order valence-electron chi connectivity index (χ1n) is 5.67. The van der Waals surface area contributed by atoms with E-state index in [-0.39, 0.29) is 0 Å². The van der Waals surface area contributed by atoms with Gasteiger partial charge in [0.25, 0.3) is 0 Å². The molecule has 0 atom stereocenters. The Morgan fingerprint density at radius 3 is 2.12 bits per heavy atom. The third-order valence-electron chi connectivity index (χ3n) is 2.89. The van der Waals surface area contributed by atoms with Gasteiger partial charge in [0.15, 0.2) is 0 Å². The lowest BCUT2D eigenvalue weighted by molar-refractivity contribution is 0.424. The standard InChI is InChI=1S/C12H16NO2S/c14-16(15,12-8-4-3-5-9-12)13-10-6-1-2-7-11-13/h4-5,8-9H,1-2,6-7,10-11H2. The van der Waals surface area contributed by atoms with Gasteiger partial charge in [-0.1, -0.05) is 25.0 Å². The zero-order chi connectivity index (χ0) is 11.4. The van der Waals surface area contributed by atoms with E-state index in [1.807, 2.05) is 0 Å². The van der Waals surface area contributed by atoms with Crippen molar-refractivity contribution in [2.75, 3.05) is 13.1 Å². The third kappa shape index (κ3) is 2.44. The molecular weight excluding hydrogens is 222 g/mol. The normalized spacial score (nSPS) is 19.2. The van der Waals surface area contributed by atoms with Crippen molar-refractivity contribution in [1.29, 1.82) is 0 Å². The van der Waals surface area contributed by atoms with Crippen LogP contribution in [0.1, 0.15) is 25.7 Å². The maximum Gasteiger partial charge on any atom is 0.243 e. The van der Waals surface area contributed by atoms with Crippen LogP contribution in [0.3, 0.4) is 0 Å². The Balaban J connectivity index is 2.24. The zero-order valence-corrected chi connectivity index (χ0v) is 10.0. The van der Waals surface area contributed by atoms with Crippen molar-refractivity contribution in [2.24, 2.45) is 0 Å². The molecule has 0 spiro atoms. The fourth-order valence-electron chi connectivity index (χ4n) is 1.97. The van der Waals surface area contributed by atoms with E-state index in [9.17, 15) is 8.42 Å². The first-order chi connectivity index (χ1) is 7.71. The molecule has 1 aliphatic rings. The summed E-state index contributed by atoms with van der Waals surface area (Å²) in [6.45, 7) is 1.31. The summed E-state index contributed by atoms with van der Waals surface area (Å²) in [5.74, 6) is 0. The molecule has 16 heavy (non-hydrogen) atoms. The highest BCUT2D eigenvalue weighted by Crippen LogP contribution is 2.19. The molecule has 1 aromatic carbocycles. The molecule has 0 aliphatic carbocycles. The lowest BCUT2D eigenvalue weighted by Gasteiger charge is -2.19. The van der Waals surface area contributed by atoms with Gasteiger partial charge in [0.2, 0.25) is 10.0 Å². The van der Waals surface area contributed by atoms with E-state index < -0.39 is 10.0 Å². The molecule has 0 aromatic heterocycles. The minimum Gasteiger partial charge on any atom is -0.207 e. The third-order valence-corrected chi connectivity index (χ3v) is 4.80. The lowest BCUT2D eigenvalue weighted by Crippen LogP contribution is -2.31. The summed E-state index contributed by atoms with van der Waals surface area (Å²) >= 11 is 0. The van der Waals surface area contributed by atoms with Crippen molar-refractivity contribution in [3.8, 4) is 0 Å². The van der Waals surface area contributed by atoms with Crippen molar-refractivity contribution < 1.29 is 8.42 Å². The van der Waals surface area contributed by atoms with Gasteiger partial charge in [-0.15, -0.1) is 0 Å². The highest BCUT2D eigenvalue weighted by atomic mass is 32.2. The maximum absolute atomic E-state index is 12.3. The van der Waals surface area contributed by atoms with Crippen LogP contribution in [-0.4, -0.2) is 25.8 Å². The molecule has 0 amide bonds. The van der Waals surface area contributed by atoms with Gasteiger partial charge in [-0.05, 0) is 31.0 Å². The Morgan fingerprint density at radius 1 is 1.00 bits per heavy atom. The molecule has 87 valence electrons. The van der Waals surface area contributed by atoms with Crippen LogP contribution in [0.15, 0.2) is 29.2 Å². The Labute approximate surface area is 97.1 Å². The van der Waals surface area contributed by atoms with Crippen molar-refractivity contribution in [3.63, 3.8) is 0 Å². The molecule has 1 fully saturated rings. The fourth-order valence-corrected chi connectivity index (χ4v) is 3.49. The Morgan fingerprint density at radius 2 is 1.56 bits per heavy atom. The summed E-state index contributed by atoms with van der Waals surface area (Å²) in [6, 6.07) is 9.35. The van der Waals surface area contributed by atoms with Crippen LogP contribution in [0.4, 0.5) is 0 Å². The molecule has 0 unspecified atom stereocenters. The first kappa shape index (κ1) is 11.6. The maximum atomic E-state index is 12.3. The average Bonchev–Trinajstić information content (AvgIpc) is 2.59. The molecule has 1 radical (unpaired) electrons. The van der Waals surface area contributed by atoms with Gasteiger partial charge in [0.05, 0.1) is 4.90 Å². The minimum atomic E-state index is -3.27. The number of sulfonamides is 1. The van der Waals surface area contributed by atoms with E-state index in [1.54, 1.807) is 28.6 Å². The molecule has 1 saturated heterocycles. The zero-order valence-electron chi connectivity index (χ0n) is 9.22. The molecule has 1 heterocycles. The molecule has 0 bridgehead atoms. The number of benzene rings is 1. The molecule has 1 aromatic rings. The van der Waals surface area contributed by atoms with Gasteiger partial charge in [0.1, 0.15) is 0 Å². The highest BCUT2D eigenvalue weighted by molar-refractivity contribution is 7.89. The number of hydrogen-bond acceptors (Lipinski definition) is 2. The van der Waals surface area contributed by atoms with Gasteiger partial charge in [0, 0.05) is 13.1 Å². The predicted molar refractivity (Wildman–Crippen MR) is 62.5 cm³/mol. The van der Waals surface area contributed by atoms with Crippen LogP contribution >= 0.6 is 0 Å². The number of rotatable bonds is 2. The van der Waals surface area contributed by atoms with E-state index in [2.05, 4.69) is 6.07 Å². The summed E-state index contributed by atoms with van der Waals surface area (Å²) in [5.41, 5.74) is 0. The monoisotopic (exact) mass is 238 g/mol. The summed E-state index contributed by atoms with van der Waals surface area (Å²) in [7, 11) is -3.27. The van der Waals surface area contributed by atoms with Crippen LogP contribution < -0.4 is 0 Å². The Bertz CT molecular complexity index is 420. The van der Waals surface area contributed by atoms with Crippen molar-refractivity contribution in [3.05, 3.63) is 30.3 Å². The smallest absolute Gasteiger partial charge is 0.207 e. The van der Waals surface area contributed by atoms with Crippen molar-refractivity contribution in [1.82, 2.24) is 4.31 Å². The highest BCUT2D eigenvalue weighted by Gasteiger charge is 2.24. The summed E-state index contributed by atoms with van der Waals surface area (Å²) < 4.78 is 26.1. The van der Waals surface area contributed by atoms with Crippen molar-refractivity contribution in [2.45, 2.75) is 30.6 Å².